The molecule has 118 valence electrons. The zero-order valence-electron chi connectivity index (χ0n) is 13.3. The molecule has 0 saturated heterocycles. The predicted molar refractivity (Wildman–Crippen MR) is 75.0 cm³/mol. The maximum Gasteiger partial charge on any atom is 1.00 e. The minimum Gasteiger partial charge on any atom is -0.748 e. The summed E-state index contributed by atoms with van der Waals surface area (Å²) in [5.74, 6) is -1.26. The number of hydrogen-bond donors (Lipinski definition) is 0. The summed E-state index contributed by atoms with van der Waals surface area (Å²) in [6.45, 7) is 3.36. The molecule has 0 atom stereocenters. The second kappa shape index (κ2) is 12.6. The Balaban J connectivity index is 0. The van der Waals surface area contributed by atoms with E-state index in [1.54, 1.807) is 0 Å². The van der Waals surface area contributed by atoms with E-state index in [4.69, 9.17) is 0 Å². The first-order valence-corrected chi connectivity index (χ1v) is 8.60. The van der Waals surface area contributed by atoms with Crippen molar-refractivity contribution in [1.82, 2.24) is 4.90 Å². The average Bonchev–Trinajstić information content (AvgIpc) is 2.32. The summed E-state index contributed by atoms with van der Waals surface area (Å²) < 4.78 is 31.4. The van der Waals surface area contributed by atoms with E-state index in [-0.39, 0.29) is 54.9 Å². The van der Waals surface area contributed by atoms with Gasteiger partial charge in [0.2, 0.25) is 11.8 Å². The number of nitrogens with zero attached hydrogens (tertiary/aromatic N) is 1. The molecular weight excluding hydrogens is 305 g/mol. The molecule has 2 amide bonds. The molecule has 0 rings (SSSR count). The molecule has 0 radical (unpaired) electrons. The van der Waals surface area contributed by atoms with Crippen molar-refractivity contribution in [2.45, 2.75) is 58.8 Å². The molecule has 8 heteroatoms. The number of rotatable bonds is 10. The van der Waals surface area contributed by atoms with Gasteiger partial charge < -0.3 is 4.55 Å². The average molecular weight is 329 g/mol. The van der Waals surface area contributed by atoms with Crippen LogP contribution in [0.5, 0.6) is 0 Å². The molecule has 21 heavy (non-hydrogen) atoms. The summed E-state index contributed by atoms with van der Waals surface area (Å²) in [4.78, 5) is 24.2. The maximum atomic E-state index is 11.9. The Morgan fingerprint density at radius 1 is 1.05 bits per heavy atom. The summed E-state index contributed by atoms with van der Waals surface area (Å²) in [7, 11) is -4.30. The van der Waals surface area contributed by atoms with E-state index < -0.39 is 21.8 Å². The van der Waals surface area contributed by atoms with Crippen LogP contribution in [0, 0.1) is 0 Å². The van der Waals surface area contributed by atoms with E-state index in [1.807, 2.05) is 0 Å². The van der Waals surface area contributed by atoms with Gasteiger partial charge in [-0.15, -0.1) is 0 Å². The van der Waals surface area contributed by atoms with E-state index in [0.29, 0.717) is 0 Å². The van der Waals surface area contributed by atoms with Crippen molar-refractivity contribution in [3.05, 3.63) is 0 Å². The maximum absolute atomic E-state index is 11.9. The molecule has 0 heterocycles. The third-order valence-corrected chi connectivity index (χ3v) is 3.74. The minimum absolute atomic E-state index is 0. The van der Waals surface area contributed by atoms with Gasteiger partial charge in [0.05, 0.1) is 10.1 Å². The van der Waals surface area contributed by atoms with Crippen LogP contribution in [0.15, 0.2) is 0 Å². The fraction of sp³-hybridized carbons (Fsp3) is 0.846. The van der Waals surface area contributed by atoms with Gasteiger partial charge in [-0.05, 0) is 12.8 Å². The molecule has 0 fully saturated rings. The van der Waals surface area contributed by atoms with Crippen molar-refractivity contribution in [1.29, 1.82) is 0 Å². The molecular formula is C13H24NNaO5S. The number of unbranched alkanes of at least 4 members (excludes halogenated alkanes) is 4. The molecule has 0 aliphatic rings. The van der Waals surface area contributed by atoms with E-state index in [2.05, 4.69) is 6.92 Å². The molecule has 0 aliphatic heterocycles. The van der Waals surface area contributed by atoms with Crippen molar-refractivity contribution in [3.8, 4) is 0 Å². The third kappa shape index (κ3) is 13.4. The number of carbonyl (C=O) groups excluding carboxylic acids is 2. The van der Waals surface area contributed by atoms with Crippen LogP contribution < -0.4 is 29.6 Å². The number of imide groups is 1. The summed E-state index contributed by atoms with van der Waals surface area (Å²) in [6, 6.07) is 0. The Morgan fingerprint density at radius 3 is 2.10 bits per heavy atom. The van der Waals surface area contributed by atoms with Crippen molar-refractivity contribution >= 4 is 21.9 Å². The third-order valence-electron chi connectivity index (χ3n) is 2.95. The van der Waals surface area contributed by atoms with E-state index >= 15 is 0 Å². The monoisotopic (exact) mass is 329 g/mol. The van der Waals surface area contributed by atoms with Gasteiger partial charge in [-0.3, -0.25) is 14.5 Å². The Kier molecular flexibility index (Phi) is 14.0. The number of amides is 2. The standard InChI is InChI=1S/C13H25NO5S.Na/c1-3-4-5-6-7-9-13(16)14(12(2)15)10-8-11-20(17,18)19;/h3-11H2,1-2H3,(H,17,18,19);/q;+1/p-1. The van der Waals surface area contributed by atoms with Gasteiger partial charge in [0.1, 0.15) is 0 Å². The van der Waals surface area contributed by atoms with Crippen molar-refractivity contribution in [3.63, 3.8) is 0 Å². The van der Waals surface area contributed by atoms with Crippen molar-refractivity contribution < 1.29 is 52.1 Å². The van der Waals surface area contributed by atoms with Crippen molar-refractivity contribution in [2.24, 2.45) is 0 Å². The number of hydrogen-bond acceptors (Lipinski definition) is 5. The molecule has 0 unspecified atom stereocenters. The zero-order valence-corrected chi connectivity index (χ0v) is 16.1. The largest absolute Gasteiger partial charge is 1.00 e. The Hall–Kier alpha value is 0.0500. The van der Waals surface area contributed by atoms with Gasteiger partial charge in [0.25, 0.3) is 0 Å². The second-order valence-corrected chi connectivity index (χ2v) is 6.37. The number of carbonyl (C=O) groups is 2. The normalized spacial score (nSPS) is 10.8. The molecule has 0 aromatic rings. The van der Waals surface area contributed by atoms with Gasteiger partial charge in [-0.1, -0.05) is 32.6 Å². The summed E-state index contributed by atoms with van der Waals surface area (Å²) in [6.07, 6.45) is 5.27. The zero-order chi connectivity index (χ0) is 15.6. The first-order valence-electron chi connectivity index (χ1n) is 7.02. The van der Waals surface area contributed by atoms with Crippen LogP contribution in [0.25, 0.3) is 0 Å². The molecule has 0 saturated carbocycles. The molecule has 0 bridgehead atoms. The van der Waals surface area contributed by atoms with E-state index in [0.717, 1.165) is 37.0 Å². The molecule has 0 aromatic carbocycles. The van der Waals surface area contributed by atoms with Gasteiger partial charge in [0.15, 0.2) is 0 Å². The van der Waals surface area contributed by atoms with E-state index in [9.17, 15) is 22.6 Å². The van der Waals surface area contributed by atoms with Crippen molar-refractivity contribution in [2.75, 3.05) is 12.3 Å². The van der Waals surface area contributed by atoms with Crippen LogP contribution >= 0.6 is 0 Å². The molecule has 0 N–H and O–H groups in total. The summed E-state index contributed by atoms with van der Waals surface area (Å²) in [5, 5.41) is 0. The topological polar surface area (TPSA) is 94.6 Å². The molecule has 0 aliphatic carbocycles. The summed E-state index contributed by atoms with van der Waals surface area (Å²) >= 11 is 0. The fourth-order valence-electron chi connectivity index (χ4n) is 1.87. The summed E-state index contributed by atoms with van der Waals surface area (Å²) in [5.41, 5.74) is 0. The van der Waals surface area contributed by atoms with Crippen LogP contribution in [0.1, 0.15) is 58.8 Å². The van der Waals surface area contributed by atoms with Gasteiger partial charge >= 0.3 is 29.6 Å². The fourth-order valence-corrected chi connectivity index (χ4v) is 2.35. The predicted octanol–water partition coefficient (Wildman–Crippen LogP) is -1.34. The van der Waals surface area contributed by atoms with Gasteiger partial charge in [0, 0.05) is 25.6 Å². The Bertz CT molecular complexity index is 411. The Morgan fingerprint density at radius 2 is 1.62 bits per heavy atom. The van der Waals surface area contributed by atoms with Crippen LogP contribution in [-0.2, 0) is 19.7 Å². The Labute approximate surface area is 149 Å². The first-order chi connectivity index (χ1) is 9.28. The quantitative estimate of drug-likeness (QED) is 0.281. The SMILES string of the molecule is CCCCCCCC(=O)N(CCCS(=O)(=O)[O-])C(C)=O.[Na+]. The van der Waals surface area contributed by atoms with E-state index in [1.165, 1.54) is 6.92 Å². The molecule has 0 aromatic heterocycles. The first kappa shape index (κ1) is 23.3. The molecule has 0 spiro atoms. The van der Waals surface area contributed by atoms with Gasteiger partial charge in [-0.25, -0.2) is 8.42 Å². The van der Waals surface area contributed by atoms with Crippen LogP contribution in [0.4, 0.5) is 0 Å². The van der Waals surface area contributed by atoms with Gasteiger partial charge in [-0.2, -0.15) is 0 Å². The minimum atomic E-state index is -4.30. The van der Waals surface area contributed by atoms with Crippen LogP contribution in [-0.4, -0.2) is 42.0 Å². The smallest absolute Gasteiger partial charge is 0.748 e. The van der Waals surface area contributed by atoms with Crippen LogP contribution in [0.2, 0.25) is 0 Å². The molecule has 6 nitrogen and oxygen atoms in total. The second-order valence-electron chi connectivity index (χ2n) is 4.84. The van der Waals surface area contributed by atoms with Crippen LogP contribution in [0.3, 0.4) is 0 Å².